The zero-order chi connectivity index (χ0) is 32.7. The number of rotatable bonds is 9. The van der Waals surface area contributed by atoms with Crippen LogP contribution >= 0.6 is 11.6 Å². The summed E-state index contributed by atoms with van der Waals surface area (Å²) in [5, 5.41) is 7.36. The maximum Gasteiger partial charge on any atom is 0.490 e. The van der Waals surface area contributed by atoms with Gasteiger partial charge >= 0.3 is 12.1 Å². The van der Waals surface area contributed by atoms with Crippen LogP contribution in [-0.2, 0) is 25.5 Å². The van der Waals surface area contributed by atoms with Crippen molar-refractivity contribution in [2.75, 3.05) is 19.7 Å². The molecule has 2 atom stereocenters. The number of nitrogens with two attached hydrogens (primary N) is 1. The second kappa shape index (κ2) is 14.8. The smallest absolute Gasteiger partial charge is 0.490 e. The fraction of sp³-hybridized carbons (Fsp3) is 0.500. The van der Waals surface area contributed by atoms with Gasteiger partial charge in [0, 0.05) is 29.7 Å². The molecule has 1 unspecified atom stereocenters. The summed E-state index contributed by atoms with van der Waals surface area (Å²) < 4.78 is 97.2. The largest absolute Gasteiger partial charge is 0.493 e. The van der Waals surface area contributed by atoms with Gasteiger partial charge in [-0.05, 0) is 61.6 Å². The lowest BCUT2D eigenvalue weighted by molar-refractivity contribution is -0.192. The van der Waals surface area contributed by atoms with Gasteiger partial charge in [-0.15, -0.1) is 0 Å². The third-order valence-corrected chi connectivity index (χ3v) is 8.93. The Hall–Kier alpha value is -3.01. The first kappa shape index (κ1) is 35.5. The van der Waals surface area contributed by atoms with Crippen LogP contribution in [0, 0.1) is 5.92 Å². The number of carbonyl (C=O) groups is 2. The fourth-order valence-corrected chi connectivity index (χ4v) is 6.11. The second-order valence-corrected chi connectivity index (χ2v) is 12.8. The third-order valence-electron chi connectivity index (χ3n) is 7.23. The number of carboxylic acid groups (broad SMARTS) is 1. The van der Waals surface area contributed by atoms with Crippen LogP contribution in [0.1, 0.15) is 44.1 Å². The Labute approximate surface area is 256 Å². The number of benzene rings is 2. The Morgan fingerprint density at radius 2 is 1.57 bits per heavy atom. The van der Waals surface area contributed by atoms with Gasteiger partial charge in [0.2, 0.25) is 15.9 Å². The number of nitrogens with one attached hydrogen (secondary N) is 1. The lowest BCUT2D eigenvalue weighted by atomic mass is 9.90. The van der Waals surface area contributed by atoms with Crippen LogP contribution in [0.3, 0.4) is 0 Å². The molecule has 0 spiro atoms. The molecule has 244 valence electrons. The predicted molar refractivity (Wildman–Crippen MR) is 151 cm³/mol. The number of likely N-dealkylation sites (tertiary alicyclic amines) is 1. The van der Waals surface area contributed by atoms with Gasteiger partial charge in [-0.3, -0.25) is 4.79 Å². The number of hydrogen-bond donors (Lipinski definition) is 3. The molecule has 1 saturated carbocycles. The van der Waals surface area contributed by atoms with Crippen LogP contribution in [0.15, 0.2) is 53.4 Å². The highest BCUT2D eigenvalue weighted by Crippen LogP contribution is 2.35. The number of carboxylic acids is 1. The number of alkyl halides is 5. The lowest BCUT2D eigenvalue weighted by Crippen LogP contribution is -2.56. The quantitative estimate of drug-likeness (QED) is 0.322. The Bertz CT molecular complexity index is 1370. The van der Waals surface area contributed by atoms with Crippen LogP contribution in [-0.4, -0.2) is 68.3 Å². The molecule has 1 amide bonds. The van der Waals surface area contributed by atoms with Gasteiger partial charge < -0.3 is 20.5 Å². The van der Waals surface area contributed by atoms with Crippen molar-refractivity contribution in [3.63, 3.8) is 0 Å². The van der Waals surface area contributed by atoms with E-state index >= 15 is 8.78 Å². The monoisotopic (exact) mass is 669 g/mol. The van der Waals surface area contributed by atoms with Crippen molar-refractivity contribution in [3.8, 4) is 5.75 Å². The summed E-state index contributed by atoms with van der Waals surface area (Å²) in [5.41, 5.74) is 5.32. The first-order chi connectivity index (χ1) is 20.5. The van der Waals surface area contributed by atoms with Crippen molar-refractivity contribution in [2.45, 2.75) is 67.6 Å². The number of halogens is 6. The predicted octanol–water partition coefficient (Wildman–Crippen LogP) is 4.93. The second-order valence-electron chi connectivity index (χ2n) is 10.6. The van der Waals surface area contributed by atoms with E-state index in [4.69, 9.17) is 32.0 Å². The van der Waals surface area contributed by atoms with Gasteiger partial charge in [-0.25, -0.2) is 13.2 Å². The molecule has 2 aromatic rings. The van der Waals surface area contributed by atoms with Gasteiger partial charge in [0.1, 0.15) is 5.75 Å². The number of carbonyl (C=O) groups excluding carboxylic acids is 1. The van der Waals surface area contributed by atoms with Gasteiger partial charge in [-0.2, -0.15) is 26.7 Å². The normalized spacial score (nSPS) is 18.7. The van der Waals surface area contributed by atoms with Crippen LogP contribution in [0.5, 0.6) is 5.75 Å². The van der Waals surface area contributed by atoms with E-state index in [9.17, 15) is 26.4 Å². The van der Waals surface area contributed by atoms with Crippen molar-refractivity contribution in [1.29, 1.82) is 0 Å². The van der Waals surface area contributed by atoms with Gasteiger partial charge in [0.15, 0.2) is 6.04 Å². The summed E-state index contributed by atoms with van der Waals surface area (Å²) in [4.78, 5) is 23.0. The van der Waals surface area contributed by atoms with E-state index in [1.807, 2.05) is 4.72 Å². The van der Waals surface area contributed by atoms with E-state index in [0.717, 1.165) is 25.0 Å². The van der Waals surface area contributed by atoms with E-state index in [1.165, 1.54) is 60.6 Å². The zero-order valence-corrected chi connectivity index (χ0v) is 25.0. The summed E-state index contributed by atoms with van der Waals surface area (Å²) in [6.45, 7) is 0.787. The Kier molecular flexibility index (Phi) is 12.0. The Morgan fingerprint density at radius 3 is 2.07 bits per heavy atom. The minimum absolute atomic E-state index is 0.0702. The molecule has 4 N–H and O–H groups in total. The topological polar surface area (TPSA) is 139 Å². The maximum atomic E-state index is 15.7. The number of aliphatic carboxylic acids is 1. The molecule has 44 heavy (non-hydrogen) atoms. The van der Waals surface area contributed by atoms with Crippen molar-refractivity contribution in [3.05, 3.63) is 59.1 Å². The molecule has 9 nitrogen and oxygen atoms in total. The van der Waals surface area contributed by atoms with Gasteiger partial charge in [-0.1, -0.05) is 43.0 Å². The molecule has 2 aliphatic rings. The summed E-state index contributed by atoms with van der Waals surface area (Å²) in [5.74, 6) is -6.68. The molecule has 1 aliphatic carbocycles. The van der Waals surface area contributed by atoms with Crippen LogP contribution in [0.4, 0.5) is 22.0 Å². The molecule has 0 aromatic heterocycles. The summed E-state index contributed by atoms with van der Waals surface area (Å²) >= 11 is 5.83. The number of nitrogens with zero attached hydrogens (tertiary/aromatic N) is 1. The van der Waals surface area contributed by atoms with Crippen molar-refractivity contribution >= 4 is 33.5 Å². The van der Waals surface area contributed by atoms with Gasteiger partial charge in [0.25, 0.3) is 5.92 Å². The van der Waals surface area contributed by atoms with Crippen molar-refractivity contribution in [2.24, 2.45) is 11.7 Å². The van der Waals surface area contributed by atoms with E-state index in [0.29, 0.717) is 24.7 Å². The molecule has 2 fully saturated rings. The SMILES string of the molecule is N[C@@H]1CCN(C(=O)C(NS(=O)(=O)c2ccc(OCC3CCCCC3)cc2)C(F)(F)c2ccc(Cl)cc2)C1.O=C(O)C(F)(F)F. The molecule has 16 heteroatoms. The molecule has 0 bridgehead atoms. The molecule has 2 aromatic carbocycles. The summed E-state index contributed by atoms with van der Waals surface area (Å²) in [6, 6.07) is 7.50. The molecule has 0 radical (unpaired) electrons. The van der Waals surface area contributed by atoms with E-state index in [2.05, 4.69) is 0 Å². The summed E-state index contributed by atoms with van der Waals surface area (Å²) in [6.07, 6.45) is 1.17. The highest BCUT2D eigenvalue weighted by molar-refractivity contribution is 7.89. The average Bonchev–Trinajstić information content (AvgIpc) is 3.41. The minimum atomic E-state index is -5.08. The molecule has 1 saturated heterocycles. The molecular formula is C28H33ClF5N3O6S. The fourth-order valence-electron chi connectivity index (χ4n) is 4.79. The van der Waals surface area contributed by atoms with Crippen LogP contribution < -0.4 is 15.2 Å². The minimum Gasteiger partial charge on any atom is -0.493 e. The maximum absolute atomic E-state index is 15.7. The molecule has 1 aliphatic heterocycles. The van der Waals surface area contributed by atoms with Crippen LogP contribution in [0.25, 0.3) is 0 Å². The lowest BCUT2D eigenvalue weighted by Gasteiger charge is -2.30. The van der Waals surface area contributed by atoms with Crippen molar-refractivity contribution < 1.29 is 49.8 Å². The first-order valence-electron chi connectivity index (χ1n) is 13.7. The number of sulfonamides is 1. The average molecular weight is 670 g/mol. The highest BCUT2D eigenvalue weighted by Gasteiger charge is 2.50. The highest BCUT2D eigenvalue weighted by atomic mass is 35.5. The number of hydrogen-bond acceptors (Lipinski definition) is 6. The molecule has 1 heterocycles. The van der Waals surface area contributed by atoms with E-state index in [1.54, 1.807) is 0 Å². The van der Waals surface area contributed by atoms with E-state index < -0.39 is 45.6 Å². The first-order valence-corrected chi connectivity index (χ1v) is 15.6. The molecular weight excluding hydrogens is 637 g/mol. The standard InChI is InChI=1S/C26H32ClF2N3O4S.C2HF3O2/c27-20-8-6-19(7-9-20)26(28,29)24(25(33)32-15-14-21(30)16-32)31-37(34,35)23-12-10-22(11-13-23)36-17-18-4-2-1-3-5-18;3-2(4,5)1(6)7/h6-13,18,21,24,31H,1-5,14-17,30H2;(H,6,7)/t21-,24?;/m1./s1. The summed E-state index contributed by atoms with van der Waals surface area (Å²) in [7, 11) is -4.49. The third kappa shape index (κ3) is 9.74. The zero-order valence-electron chi connectivity index (χ0n) is 23.4. The van der Waals surface area contributed by atoms with E-state index in [-0.39, 0.29) is 29.0 Å². The molecule has 4 rings (SSSR count). The Morgan fingerprint density at radius 1 is 1.00 bits per heavy atom. The van der Waals surface area contributed by atoms with Gasteiger partial charge in [0.05, 0.1) is 11.5 Å². The number of ether oxygens (including phenoxy) is 1. The number of amides is 1. The van der Waals surface area contributed by atoms with Crippen LogP contribution in [0.2, 0.25) is 5.02 Å². The van der Waals surface area contributed by atoms with Crippen molar-refractivity contribution in [1.82, 2.24) is 9.62 Å². The Balaban J connectivity index is 0.000000676.